The third-order valence-corrected chi connectivity index (χ3v) is 11.4. The molecule has 52 heavy (non-hydrogen) atoms. The van der Waals surface area contributed by atoms with Crippen molar-refractivity contribution in [3.8, 4) is 0 Å². The third-order valence-electron chi connectivity index (χ3n) is 11.4. The Hall–Kier alpha value is -4.62. The molecule has 0 radical (unpaired) electrons. The van der Waals surface area contributed by atoms with Crippen LogP contribution in [0.15, 0.2) is 24.5 Å². The number of aromatic nitrogens is 4. The van der Waals surface area contributed by atoms with E-state index in [4.69, 9.17) is 14.7 Å². The van der Waals surface area contributed by atoms with Crippen LogP contribution in [0.3, 0.4) is 0 Å². The Morgan fingerprint density at radius 3 is 1.65 bits per heavy atom. The first-order valence-electron chi connectivity index (χ1n) is 18.9. The molecule has 0 saturated carbocycles. The molecule has 2 saturated heterocycles. The van der Waals surface area contributed by atoms with Gasteiger partial charge in [0.25, 0.3) is 0 Å². The van der Waals surface area contributed by atoms with Crippen LogP contribution in [-0.4, -0.2) is 93.1 Å². The number of aromatic amines is 2. The molecule has 14 nitrogen and oxygen atoms in total. The van der Waals surface area contributed by atoms with Gasteiger partial charge in [0, 0.05) is 25.5 Å². The second-order valence-electron chi connectivity index (χ2n) is 15.0. The molecule has 282 valence electrons. The van der Waals surface area contributed by atoms with Crippen molar-refractivity contribution in [1.29, 1.82) is 0 Å². The highest BCUT2D eigenvalue weighted by Crippen LogP contribution is 2.42. The van der Waals surface area contributed by atoms with E-state index in [-0.39, 0.29) is 29.8 Å². The first-order chi connectivity index (χ1) is 25.1. The minimum atomic E-state index is -0.676. The van der Waals surface area contributed by atoms with Crippen LogP contribution in [0.5, 0.6) is 0 Å². The number of ether oxygens (including phenoxy) is 2. The van der Waals surface area contributed by atoms with Gasteiger partial charge >= 0.3 is 12.2 Å². The summed E-state index contributed by atoms with van der Waals surface area (Å²) in [5.41, 5.74) is 4.42. The predicted octanol–water partition coefficient (Wildman–Crippen LogP) is 5.65. The van der Waals surface area contributed by atoms with Crippen LogP contribution in [0.1, 0.15) is 120 Å². The number of allylic oxidation sites excluding steroid dienone is 4. The lowest BCUT2D eigenvalue weighted by atomic mass is 9.74. The molecule has 4 N–H and O–H groups in total. The van der Waals surface area contributed by atoms with Gasteiger partial charge in [0.1, 0.15) is 23.7 Å². The second-order valence-corrected chi connectivity index (χ2v) is 15.0. The Morgan fingerprint density at radius 2 is 1.21 bits per heavy atom. The highest BCUT2D eigenvalue weighted by Gasteiger charge is 2.38. The van der Waals surface area contributed by atoms with Crippen LogP contribution in [0, 0.1) is 17.8 Å². The molecular formula is C38H54N8O6. The lowest BCUT2D eigenvalue weighted by molar-refractivity contribution is -0.135. The normalized spacial score (nSPS) is 24.6. The molecule has 2 aliphatic heterocycles. The minimum Gasteiger partial charge on any atom is -0.453 e. The summed E-state index contributed by atoms with van der Waals surface area (Å²) in [6, 6.07) is -1.62. The smallest absolute Gasteiger partial charge is 0.407 e. The molecule has 4 amide bonds. The quantitative estimate of drug-likeness (QED) is 0.244. The number of hydrogen-bond acceptors (Lipinski definition) is 8. The van der Waals surface area contributed by atoms with Gasteiger partial charge in [-0.1, -0.05) is 26.0 Å². The molecule has 0 bridgehead atoms. The van der Waals surface area contributed by atoms with Crippen LogP contribution in [0.4, 0.5) is 9.59 Å². The van der Waals surface area contributed by atoms with Crippen molar-refractivity contribution in [1.82, 2.24) is 40.4 Å². The molecule has 6 atom stereocenters. The minimum absolute atomic E-state index is 0.0784. The lowest BCUT2D eigenvalue weighted by Gasteiger charge is -2.31. The van der Waals surface area contributed by atoms with E-state index in [0.29, 0.717) is 24.9 Å². The molecular weight excluding hydrogens is 664 g/mol. The topological polar surface area (TPSA) is 175 Å². The third kappa shape index (κ3) is 8.05. The fourth-order valence-corrected chi connectivity index (χ4v) is 8.43. The standard InChI is InChI=1S/C38H54N8O6/c1-22(2)32(44-38(50)52-5)36(48)46-19-7-9-31(46)34-40-21-29(43-34)27-16-12-25(13-17-27)24-10-14-26(15-11-24)28-20-39-33(42-28)30-8-6-18-45(30)35(47)23(3)41-37(49)51-4/h14,16,20-25,30-32H,6-13,15,17-19H2,1-5H3,(H,39,42)(H,40,43)(H,41,49)(H,44,50)/t23-,24?,25?,30-,31-,32-/m0/s1. The van der Waals surface area contributed by atoms with Crippen LogP contribution in [-0.2, 0) is 19.1 Å². The predicted molar refractivity (Wildman–Crippen MR) is 194 cm³/mol. The van der Waals surface area contributed by atoms with E-state index >= 15 is 0 Å². The fraction of sp³-hybridized carbons (Fsp3) is 0.632. The maximum Gasteiger partial charge on any atom is 0.407 e. The van der Waals surface area contributed by atoms with Crippen molar-refractivity contribution in [2.75, 3.05) is 27.3 Å². The van der Waals surface area contributed by atoms with E-state index in [0.717, 1.165) is 87.2 Å². The number of carbonyl (C=O) groups is 4. The van der Waals surface area contributed by atoms with E-state index in [9.17, 15) is 19.2 Å². The fourth-order valence-electron chi connectivity index (χ4n) is 8.43. The number of nitrogens with one attached hydrogen (secondary N) is 4. The summed E-state index contributed by atoms with van der Waals surface area (Å²) in [5, 5.41) is 5.29. The van der Waals surface area contributed by atoms with E-state index in [1.807, 2.05) is 36.0 Å². The first kappa shape index (κ1) is 37.1. The summed E-state index contributed by atoms with van der Waals surface area (Å²) < 4.78 is 9.42. The molecule has 2 aliphatic carbocycles. The number of amides is 4. The zero-order valence-corrected chi connectivity index (χ0v) is 31.1. The molecule has 2 aromatic heterocycles. The van der Waals surface area contributed by atoms with Crippen LogP contribution in [0.2, 0.25) is 0 Å². The summed E-state index contributed by atoms with van der Waals surface area (Å²) in [4.78, 5) is 70.5. The maximum atomic E-state index is 13.5. The number of H-pyrrole nitrogens is 2. The number of hydrogen-bond donors (Lipinski definition) is 4. The van der Waals surface area contributed by atoms with Gasteiger partial charge in [0.05, 0.1) is 37.7 Å². The zero-order valence-electron chi connectivity index (χ0n) is 31.1. The zero-order chi connectivity index (χ0) is 36.9. The number of carbonyl (C=O) groups excluding carboxylic acids is 4. The summed E-state index contributed by atoms with van der Waals surface area (Å²) in [5.74, 6) is 2.51. The average Bonchev–Trinajstić information content (AvgIpc) is 3.99. The summed E-state index contributed by atoms with van der Waals surface area (Å²) >= 11 is 0. The second kappa shape index (κ2) is 16.4. The van der Waals surface area contributed by atoms with Crippen molar-refractivity contribution in [2.24, 2.45) is 17.8 Å². The van der Waals surface area contributed by atoms with Gasteiger partial charge in [-0.05, 0) is 100 Å². The van der Waals surface area contributed by atoms with Gasteiger partial charge in [0.2, 0.25) is 11.8 Å². The van der Waals surface area contributed by atoms with Gasteiger partial charge in [-0.3, -0.25) is 9.59 Å². The van der Waals surface area contributed by atoms with Crippen molar-refractivity contribution >= 4 is 35.1 Å². The SMILES string of the molecule is COC(=O)N[C@@H](C)C(=O)N1CCC[C@H]1c1nc(C2=CCC(C3CC=C(c4c[nH]c([C@@H]5CCCN5C(=O)[C@@H](NC(=O)OC)C(C)C)n4)CC3)CC2)c[nH]1. The van der Waals surface area contributed by atoms with E-state index in [1.165, 1.54) is 25.4 Å². The molecule has 2 aromatic rings. The molecule has 0 spiro atoms. The first-order valence-corrected chi connectivity index (χ1v) is 18.9. The van der Waals surface area contributed by atoms with E-state index < -0.39 is 24.3 Å². The molecule has 4 heterocycles. The maximum absolute atomic E-state index is 13.5. The Morgan fingerprint density at radius 1 is 0.731 bits per heavy atom. The van der Waals surface area contributed by atoms with E-state index in [2.05, 4.69) is 37.5 Å². The molecule has 6 rings (SSSR count). The van der Waals surface area contributed by atoms with Gasteiger partial charge in [-0.2, -0.15) is 0 Å². The van der Waals surface area contributed by atoms with E-state index in [1.54, 1.807) is 6.92 Å². The molecule has 14 heteroatoms. The Kier molecular flexibility index (Phi) is 11.7. The molecule has 2 unspecified atom stereocenters. The number of nitrogens with zero attached hydrogens (tertiary/aromatic N) is 4. The summed E-state index contributed by atoms with van der Waals surface area (Å²) in [7, 11) is 2.59. The van der Waals surface area contributed by atoms with Gasteiger partial charge < -0.3 is 39.9 Å². The van der Waals surface area contributed by atoms with Crippen LogP contribution >= 0.6 is 0 Å². The Balaban J connectivity index is 1.03. The molecule has 2 fully saturated rings. The van der Waals surface area contributed by atoms with Crippen molar-refractivity contribution < 1.29 is 28.7 Å². The highest BCUT2D eigenvalue weighted by atomic mass is 16.5. The molecule has 4 aliphatic rings. The Bertz CT molecular complexity index is 1680. The van der Waals surface area contributed by atoms with Gasteiger partial charge in [-0.15, -0.1) is 0 Å². The lowest BCUT2D eigenvalue weighted by Crippen LogP contribution is -2.51. The number of rotatable bonds is 10. The number of alkyl carbamates (subject to hydrolysis) is 2. The summed E-state index contributed by atoms with van der Waals surface area (Å²) in [6.07, 6.45) is 17.1. The molecule has 0 aromatic carbocycles. The number of imidazole rings is 2. The Labute approximate surface area is 305 Å². The van der Waals surface area contributed by atoms with Crippen molar-refractivity contribution in [2.45, 2.75) is 109 Å². The number of methoxy groups -OCH3 is 2. The van der Waals surface area contributed by atoms with Crippen LogP contribution < -0.4 is 10.6 Å². The summed E-state index contributed by atoms with van der Waals surface area (Å²) in [6.45, 7) is 6.78. The monoisotopic (exact) mass is 718 g/mol. The van der Waals surface area contributed by atoms with Crippen LogP contribution in [0.25, 0.3) is 11.1 Å². The highest BCUT2D eigenvalue weighted by molar-refractivity contribution is 5.87. The van der Waals surface area contributed by atoms with Crippen molar-refractivity contribution in [3.63, 3.8) is 0 Å². The number of likely N-dealkylation sites (tertiary alicyclic amines) is 2. The average molecular weight is 719 g/mol. The van der Waals surface area contributed by atoms with Crippen molar-refractivity contribution in [3.05, 3.63) is 47.6 Å². The van der Waals surface area contributed by atoms with Gasteiger partial charge in [-0.25, -0.2) is 19.6 Å². The van der Waals surface area contributed by atoms with Gasteiger partial charge in [0.15, 0.2) is 0 Å². The largest absolute Gasteiger partial charge is 0.453 e.